The van der Waals surface area contributed by atoms with Crippen LogP contribution in [-0.4, -0.2) is 127 Å². The Morgan fingerprint density at radius 1 is 0.886 bits per heavy atom. The molecule has 0 amide bonds. The first kappa shape index (κ1) is 33.9. The van der Waals surface area contributed by atoms with Crippen LogP contribution in [0.4, 0.5) is 17.2 Å². The number of piperidine rings is 1. The van der Waals surface area contributed by atoms with Gasteiger partial charge in [-0.25, -0.2) is 9.78 Å². The monoisotopic (exact) mass is 638 g/mol. The van der Waals surface area contributed by atoms with Gasteiger partial charge in [0.05, 0.1) is 72.3 Å². The first-order valence-electron chi connectivity index (χ1n) is 14.9. The van der Waals surface area contributed by atoms with Gasteiger partial charge in [0.2, 0.25) is 5.88 Å². The fourth-order valence-corrected chi connectivity index (χ4v) is 5.31. The summed E-state index contributed by atoms with van der Waals surface area (Å²) in [5.74, 6) is 1.06. The van der Waals surface area contributed by atoms with E-state index >= 15 is 0 Å². The number of fused-ring (bicyclic) bond motifs is 4. The van der Waals surface area contributed by atoms with Crippen LogP contribution in [-0.2, 0) is 33.2 Å². The minimum Gasteiger partial charge on any atom is -0.475 e. The molecule has 0 radical (unpaired) electrons. The molecule has 3 aliphatic rings. The topological polar surface area (TPSA) is 153 Å². The fraction of sp³-hybridized carbons (Fsp3) is 0.655. The number of aromatic nitrogens is 3. The van der Waals surface area contributed by atoms with Crippen molar-refractivity contribution in [2.45, 2.75) is 18.9 Å². The zero-order valence-electron chi connectivity index (χ0n) is 25.2. The minimum absolute atomic E-state index is 0.0736. The van der Waals surface area contributed by atoms with E-state index in [1.807, 2.05) is 12.1 Å². The first-order chi connectivity index (χ1) is 21.5. The van der Waals surface area contributed by atoms with Crippen LogP contribution in [0, 0.1) is 5.92 Å². The van der Waals surface area contributed by atoms with E-state index in [1.54, 1.807) is 12.3 Å². The predicted molar refractivity (Wildman–Crippen MR) is 163 cm³/mol. The molecule has 2 N–H and O–H groups in total. The molecule has 0 aromatic carbocycles. The number of carbonyl (C=O) groups is 1. The molecule has 2 bridgehead atoms. The van der Waals surface area contributed by atoms with Gasteiger partial charge in [-0.2, -0.15) is 0 Å². The molecule has 15 heteroatoms. The lowest BCUT2D eigenvalue weighted by Crippen LogP contribution is -2.44. The van der Waals surface area contributed by atoms with Gasteiger partial charge in [-0.05, 0) is 24.8 Å². The van der Waals surface area contributed by atoms with Gasteiger partial charge in [0.25, 0.3) is 0 Å². The number of ether oxygens (including phenoxy) is 7. The standard InChI is InChI=1S/C29H43ClN6O8/c1-38-28(37)21-43-13-12-41-9-8-39-6-7-40-10-11-42-14-15-44-27-16-23(4-5-32-27)36-19-22-2-3-24(36)20-35(18-22)25-17-26(30)33-34-29(25)31/h4-5,16-17,22,24H,2-3,6-15,18-21H2,1H3,(H2,31,34). The summed E-state index contributed by atoms with van der Waals surface area (Å²) in [6.45, 7) is 6.89. The Labute approximate surface area is 263 Å². The molecule has 14 nitrogen and oxygen atoms in total. The second kappa shape index (κ2) is 18.7. The molecular weight excluding hydrogens is 596 g/mol. The normalized spacial score (nSPS) is 18.0. The maximum Gasteiger partial charge on any atom is 0.331 e. The number of halogens is 1. The molecule has 3 fully saturated rings. The van der Waals surface area contributed by atoms with Crippen LogP contribution < -0.4 is 20.3 Å². The number of rotatable bonds is 20. The van der Waals surface area contributed by atoms with Gasteiger partial charge in [-0.15, -0.1) is 10.2 Å². The van der Waals surface area contributed by atoms with E-state index in [2.05, 4.69) is 29.7 Å². The van der Waals surface area contributed by atoms with Crippen LogP contribution >= 0.6 is 11.6 Å². The number of hydrogen-bond acceptors (Lipinski definition) is 14. The number of pyridine rings is 1. The average Bonchev–Trinajstić information content (AvgIpc) is 3.36. The molecule has 5 rings (SSSR count). The quantitative estimate of drug-likeness (QED) is 0.166. The summed E-state index contributed by atoms with van der Waals surface area (Å²) in [4.78, 5) is 20.0. The van der Waals surface area contributed by atoms with Crippen LogP contribution in [0.3, 0.4) is 0 Å². The van der Waals surface area contributed by atoms with Gasteiger partial charge in [-0.1, -0.05) is 11.6 Å². The van der Waals surface area contributed by atoms with E-state index in [-0.39, 0.29) is 6.61 Å². The van der Waals surface area contributed by atoms with Crippen molar-refractivity contribution in [2.75, 3.05) is 115 Å². The van der Waals surface area contributed by atoms with E-state index in [0.717, 1.165) is 37.4 Å². The number of carbonyl (C=O) groups excluding carboxylic acids is 1. The number of nitrogens with zero attached hydrogens (tertiary/aromatic N) is 5. The fourth-order valence-electron chi connectivity index (χ4n) is 5.17. The van der Waals surface area contributed by atoms with Crippen LogP contribution in [0.5, 0.6) is 5.88 Å². The Morgan fingerprint density at radius 2 is 1.55 bits per heavy atom. The number of nitrogen functional groups attached to an aromatic ring is 1. The number of anilines is 3. The summed E-state index contributed by atoms with van der Waals surface area (Å²) in [5, 5.41) is 8.21. The number of nitrogens with two attached hydrogens (primary N) is 1. The van der Waals surface area contributed by atoms with Crippen molar-refractivity contribution < 1.29 is 38.0 Å². The summed E-state index contributed by atoms with van der Waals surface area (Å²) in [6.07, 6.45) is 4.05. The van der Waals surface area contributed by atoms with Crippen molar-refractivity contribution in [3.05, 3.63) is 29.5 Å². The van der Waals surface area contributed by atoms with Crippen LogP contribution in [0.2, 0.25) is 5.15 Å². The summed E-state index contributed by atoms with van der Waals surface area (Å²) in [5.41, 5.74) is 8.08. The van der Waals surface area contributed by atoms with Gasteiger partial charge in [0.15, 0.2) is 11.0 Å². The zero-order valence-corrected chi connectivity index (χ0v) is 26.0. The van der Waals surface area contributed by atoms with Crippen molar-refractivity contribution in [1.82, 2.24) is 15.2 Å². The van der Waals surface area contributed by atoms with E-state index in [4.69, 9.17) is 45.8 Å². The van der Waals surface area contributed by atoms with Gasteiger partial charge in [-0.3, -0.25) is 0 Å². The molecule has 3 aliphatic heterocycles. The van der Waals surface area contributed by atoms with Gasteiger partial charge in [0, 0.05) is 49.7 Å². The number of esters is 1. The molecule has 0 spiro atoms. The molecule has 44 heavy (non-hydrogen) atoms. The zero-order chi connectivity index (χ0) is 31.0. The Balaban J connectivity index is 1.05. The molecule has 2 aromatic rings. The van der Waals surface area contributed by atoms with Crippen molar-refractivity contribution >= 4 is 34.8 Å². The van der Waals surface area contributed by atoms with Gasteiger partial charge < -0.3 is 48.7 Å². The van der Waals surface area contributed by atoms with Crippen LogP contribution in [0.25, 0.3) is 0 Å². The Bertz CT molecular complexity index is 1150. The molecule has 2 unspecified atom stereocenters. The number of methoxy groups -OCH3 is 1. The maximum absolute atomic E-state index is 10.9. The second-order valence-corrected chi connectivity index (χ2v) is 10.8. The summed E-state index contributed by atoms with van der Waals surface area (Å²) in [6, 6.07) is 6.16. The van der Waals surface area contributed by atoms with Gasteiger partial charge in [0.1, 0.15) is 13.2 Å². The van der Waals surface area contributed by atoms with Gasteiger partial charge >= 0.3 is 5.97 Å². The lowest BCUT2D eigenvalue weighted by atomic mass is 9.94. The second-order valence-electron chi connectivity index (χ2n) is 10.4. The lowest BCUT2D eigenvalue weighted by Gasteiger charge is -2.38. The smallest absolute Gasteiger partial charge is 0.331 e. The average molecular weight is 639 g/mol. The first-order valence-corrected chi connectivity index (χ1v) is 15.3. The molecule has 2 atom stereocenters. The van der Waals surface area contributed by atoms with E-state index in [0.29, 0.717) is 94.9 Å². The van der Waals surface area contributed by atoms with Crippen molar-refractivity contribution in [2.24, 2.45) is 5.92 Å². The highest BCUT2D eigenvalue weighted by Crippen LogP contribution is 2.36. The SMILES string of the molecule is COC(=O)COCCOCCOCCOCCOCCOc1cc(N2CC3CCC2CN(c2cc(Cl)nnc2N)C3)ccn1. The Hall–Kier alpha value is -3.01. The molecule has 2 aromatic heterocycles. The van der Waals surface area contributed by atoms with Crippen LogP contribution in [0.15, 0.2) is 24.4 Å². The molecular formula is C29H43ClN6O8. The molecule has 3 saturated heterocycles. The molecule has 5 heterocycles. The molecule has 244 valence electrons. The Kier molecular flexibility index (Phi) is 14.4. The van der Waals surface area contributed by atoms with Crippen molar-refractivity contribution in [3.63, 3.8) is 0 Å². The maximum atomic E-state index is 10.9. The Morgan fingerprint density at radius 3 is 2.23 bits per heavy atom. The molecule has 0 aliphatic carbocycles. The van der Waals surface area contributed by atoms with E-state index in [9.17, 15) is 4.79 Å². The van der Waals surface area contributed by atoms with E-state index in [1.165, 1.54) is 13.5 Å². The van der Waals surface area contributed by atoms with Crippen LogP contribution in [0.1, 0.15) is 12.8 Å². The number of hydrogen-bond donors (Lipinski definition) is 1. The van der Waals surface area contributed by atoms with Crippen molar-refractivity contribution in [3.8, 4) is 5.88 Å². The largest absolute Gasteiger partial charge is 0.475 e. The summed E-state index contributed by atoms with van der Waals surface area (Å²) in [7, 11) is 1.32. The lowest BCUT2D eigenvalue weighted by molar-refractivity contribution is -0.146. The summed E-state index contributed by atoms with van der Waals surface area (Å²) >= 11 is 6.12. The molecule has 0 saturated carbocycles. The highest BCUT2D eigenvalue weighted by molar-refractivity contribution is 6.29. The highest BCUT2D eigenvalue weighted by atomic mass is 35.5. The van der Waals surface area contributed by atoms with E-state index < -0.39 is 5.97 Å². The third kappa shape index (κ3) is 11.2. The third-order valence-electron chi connectivity index (χ3n) is 7.29. The minimum atomic E-state index is -0.409. The van der Waals surface area contributed by atoms with Crippen molar-refractivity contribution in [1.29, 1.82) is 0 Å². The third-order valence-corrected chi connectivity index (χ3v) is 7.47. The predicted octanol–water partition coefficient (Wildman–Crippen LogP) is 1.85. The highest BCUT2D eigenvalue weighted by Gasteiger charge is 2.36. The summed E-state index contributed by atoms with van der Waals surface area (Å²) < 4.78 is 37.4.